The maximum atomic E-state index is 11.9. The predicted molar refractivity (Wildman–Crippen MR) is 54.1 cm³/mol. The van der Waals surface area contributed by atoms with Crippen molar-refractivity contribution in [2.75, 3.05) is 13.2 Å². The normalized spacial score (nSPS) is 44.9. The molecule has 1 saturated carbocycles. The summed E-state index contributed by atoms with van der Waals surface area (Å²) in [5.41, 5.74) is 5.23. The van der Waals surface area contributed by atoms with Crippen LogP contribution in [0.1, 0.15) is 19.8 Å². The molecule has 5 nitrogen and oxygen atoms in total. The summed E-state index contributed by atoms with van der Waals surface area (Å²) in [5, 5.41) is 12.0. The lowest BCUT2D eigenvalue weighted by molar-refractivity contribution is -0.132. The van der Waals surface area contributed by atoms with Gasteiger partial charge in [-0.1, -0.05) is 0 Å². The molecule has 2 rings (SSSR count). The van der Waals surface area contributed by atoms with Crippen molar-refractivity contribution < 1.29 is 14.6 Å². The zero-order chi connectivity index (χ0) is 11.1. The number of rotatable bonds is 2. The number of ether oxygens (including phenoxy) is 1. The summed E-state index contributed by atoms with van der Waals surface area (Å²) < 4.78 is 5.21. The van der Waals surface area contributed by atoms with E-state index in [9.17, 15) is 4.79 Å². The fourth-order valence-corrected chi connectivity index (χ4v) is 1.98. The third kappa shape index (κ3) is 1.87. The third-order valence-corrected chi connectivity index (χ3v) is 3.48. The van der Waals surface area contributed by atoms with Crippen molar-refractivity contribution in [3.8, 4) is 0 Å². The largest absolute Gasteiger partial charge is 0.393 e. The maximum Gasteiger partial charge on any atom is 0.230 e. The van der Waals surface area contributed by atoms with Crippen LogP contribution in [-0.4, -0.2) is 42.4 Å². The predicted octanol–water partition coefficient (Wildman–Crippen LogP) is -1.01. The van der Waals surface area contributed by atoms with Crippen LogP contribution in [0.5, 0.6) is 0 Å². The average molecular weight is 214 g/mol. The molecule has 0 aromatic carbocycles. The van der Waals surface area contributed by atoms with Crippen LogP contribution in [0.15, 0.2) is 0 Å². The molecule has 0 bridgehead atoms. The molecule has 2 unspecified atom stereocenters. The van der Waals surface area contributed by atoms with Gasteiger partial charge in [0, 0.05) is 12.1 Å². The highest BCUT2D eigenvalue weighted by Crippen LogP contribution is 2.29. The SMILES string of the molecule is CC1(C(=O)NC2CC(O)C2)COCC1N. The molecule has 0 aromatic heterocycles. The molecule has 0 spiro atoms. The number of hydrogen-bond acceptors (Lipinski definition) is 4. The first-order valence-corrected chi connectivity index (χ1v) is 5.35. The molecule has 0 aromatic rings. The molecule has 2 atom stereocenters. The van der Waals surface area contributed by atoms with Crippen LogP contribution < -0.4 is 11.1 Å². The van der Waals surface area contributed by atoms with E-state index in [1.54, 1.807) is 0 Å². The molecule has 15 heavy (non-hydrogen) atoms. The minimum Gasteiger partial charge on any atom is -0.393 e. The second-order valence-corrected chi connectivity index (χ2v) is 4.83. The molecule has 1 aliphatic heterocycles. The second-order valence-electron chi connectivity index (χ2n) is 4.83. The topological polar surface area (TPSA) is 84.6 Å². The standard InChI is InChI=1S/C10H18N2O3/c1-10(5-15-4-8(10)11)9(14)12-6-2-7(13)3-6/h6-8,13H,2-5,11H2,1H3,(H,12,14). The van der Waals surface area contributed by atoms with Crippen LogP contribution in [0.3, 0.4) is 0 Å². The van der Waals surface area contributed by atoms with E-state index in [2.05, 4.69) is 5.32 Å². The zero-order valence-corrected chi connectivity index (χ0v) is 8.90. The lowest BCUT2D eigenvalue weighted by atomic mass is 9.82. The van der Waals surface area contributed by atoms with Gasteiger partial charge in [-0.3, -0.25) is 4.79 Å². The van der Waals surface area contributed by atoms with Crippen molar-refractivity contribution >= 4 is 5.91 Å². The van der Waals surface area contributed by atoms with Crippen molar-refractivity contribution in [3.63, 3.8) is 0 Å². The summed E-state index contributed by atoms with van der Waals surface area (Å²) in [6.45, 7) is 2.65. The van der Waals surface area contributed by atoms with Gasteiger partial charge in [0.25, 0.3) is 0 Å². The summed E-state index contributed by atoms with van der Waals surface area (Å²) in [6, 6.07) is -0.125. The van der Waals surface area contributed by atoms with Crippen molar-refractivity contribution in [2.45, 2.75) is 38.0 Å². The highest BCUT2D eigenvalue weighted by Gasteiger charge is 2.45. The molecular formula is C10H18N2O3. The van der Waals surface area contributed by atoms with Crippen molar-refractivity contribution in [3.05, 3.63) is 0 Å². The molecule has 2 aliphatic rings. The Labute approximate surface area is 89.0 Å². The smallest absolute Gasteiger partial charge is 0.230 e. The zero-order valence-electron chi connectivity index (χ0n) is 8.90. The fraction of sp³-hybridized carbons (Fsp3) is 0.900. The van der Waals surface area contributed by atoms with Gasteiger partial charge in [-0.25, -0.2) is 0 Å². The molecule has 1 aliphatic carbocycles. The average Bonchev–Trinajstić information content (AvgIpc) is 2.46. The van der Waals surface area contributed by atoms with Gasteiger partial charge in [-0.2, -0.15) is 0 Å². The molecule has 1 heterocycles. The Balaban J connectivity index is 1.90. The van der Waals surface area contributed by atoms with Gasteiger partial charge in [-0.15, -0.1) is 0 Å². The van der Waals surface area contributed by atoms with Gasteiger partial charge in [0.1, 0.15) is 0 Å². The fourth-order valence-electron chi connectivity index (χ4n) is 1.98. The van der Waals surface area contributed by atoms with Crippen LogP contribution in [0.4, 0.5) is 0 Å². The van der Waals surface area contributed by atoms with E-state index in [1.165, 1.54) is 0 Å². The Bertz CT molecular complexity index is 265. The highest BCUT2D eigenvalue weighted by molar-refractivity contribution is 5.84. The molecule has 1 saturated heterocycles. The van der Waals surface area contributed by atoms with E-state index in [-0.39, 0.29) is 24.1 Å². The van der Waals surface area contributed by atoms with Gasteiger partial charge < -0.3 is 20.9 Å². The Morgan fingerprint density at radius 3 is 2.73 bits per heavy atom. The van der Waals surface area contributed by atoms with Crippen molar-refractivity contribution in [2.24, 2.45) is 11.1 Å². The molecule has 0 radical (unpaired) electrons. The third-order valence-electron chi connectivity index (χ3n) is 3.48. The van der Waals surface area contributed by atoms with E-state index in [0.29, 0.717) is 26.1 Å². The highest BCUT2D eigenvalue weighted by atomic mass is 16.5. The van der Waals surface area contributed by atoms with E-state index >= 15 is 0 Å². The van der Waals surface area contributed by atoms with Crippen LogP contribution in [0.25, 0.3) is 0 Å². The molecule has 1 amide bonds. The van der Waals surface area contributed by atoms with Gasteiger partial charge >= 0.3 is 0 Å². The first-order chi connectivity index (χ1) is 7.02. The summed E-state index contributed by atoms with van der Waals surface area (Å²) in [4.78, 5) is 11.9. The number of carbonyl (C=O) groups excluding carboxylic acids is 1. The minimum atomic E-state index is -0.611. The number of amides is 1. The number of nitrogens with two attached hydrogens (primary N) is 1. The second kappa shape index (κ2) is 3.73. The van der Waals surface area contributed by atoms with Gasteiger partial charge in [0.15, 0.2) is 0 Å². The maximum absolute atomic E-state index is 11.9. The molecule has 86 valence electrons. The molecular weight excluding hydrogens is 196 g/mol. The van der Waals surface area contributed by atoms with E-state index < -0.39 is 5.41 Å². The lowest BCUT2D eigenvalue weighted by Crippen LogP contribution is -2.55. The number of aliphatic hydroxyl groups excluding tert-OH is 1. The van der Waals surface area contributed by atoms with Crippen LogP contribution in [0, 0.1) is 5.41 Å². The summed E-state index contributed by atoms with van der Waals surface area (Å²) in [7, 11) is 0. The number of aliphatic hydroxyl groups is 1. The van der Waals surface area contributed by atoms with E-state index in [1.807, 2.05) is 6.92 Å². The monoisotopic (exact) mass is 214 g/mol. The van der Waals surface area contributed by atoms with Crippen molar-refractivity contribution in [1.82, 2.24) is 5.32 Å². The number of carbonyl (C=O) groups is 1. The van der Waals surface area contributed by atoms with Crippen LogP contribution in [0.2, 0.25) is 0 Å². The quantitative estimate of drug-likeness (QED) is 0.550. The van der Waals surface area contributed by atoms with Crippen LogP contribution in [-0.2, 0) is 9.53 Å². The Morgan fingerprint density at radius 1 is 1.60 bits per heavy atom. The Morgan fingerprint density at radius 2 is 2.27 bits per heavy atom. The summed E-state index contributed by atoms with van der Waals surface area (Å²) in [5.74, 6) is -0.0515. The van der Waals surface area contributed by atoms with Gasteiger partial charge in [0.2, 0.25) is 5.91 Å². The number of hydrogen-bond donors (Lipinski definition) is 3. The van der Waals surface area contributed by atoms with E-state index in [0.717, 1.165) is 0 Å². The Kier molecular flexibility index (Phi) is 2.70. The van der Waals surface area contributed by atoms with Crippen LogP contribution >= 0.6 is 0 Å². The van der Waals surface area contributed by atoms with Gasteiger partial charge in [0.05, 0.1) is 24.7 Å². The molecule has 4 N–H and O–H groups in total. The minimum absolute atomic E-state index is 0.0515. The molecule has 5 heteroatoms. The summed E-state index contributed by atoms with van der Waals surface area (Å²) in [6.07, 6.45) is 1.05. The number of nitrogens with one attached hydrogen (secondary N) is 1. The molecule has 2 fully saturated rings. The lowest BCUT2D eigenvalue weighted by Gasteiger charge is -2.35. The first-order valence-electron chi connectivity index (χ1n) is 5.35. The van der Waals surface area contributed by atoms with Gasteiger partial charge in [-0.05, 0) is 19.8 Å². The summed E-state index contributed by atoms with van der Waals surface area (Å²) >= 11 is 0. The van der Waals surface area contributed by atoms with Crippen molar-refractivity contribution in [1.29, 1.82) is 0 Å². The van der Waals surface area contributed by atoms with E-state index in [4.69, 9.17) is 15.6 Å². The Hall–Kier alpha value is -0.650. The first kappa shape index (κ1) is 10.9.